The lowest BCUT2D eigenvalue weighted by molar-refractivity contribution is -0.125. The predicted molar refractivity (Wildman–Crippen MR) is 77.9 cm³/mol. The van der Waals surface area contributed by atoms with Gasteiger partial charge in [-0.05, 0) is 31.0 Å². The van der Waals surface area contributed by atoms with Gasteiger partial charge in [-0.2, -0.15) is 11.8 Å². The molecule has 1 atom stereocenters. The summed E-state index contributed by atoms with van der Waals surface area (Å²) in [4.78, 5) is 12.2. The largest absolute Gasteiger partial charge is 0.396 e. The predicted octanol–water partition coefficient (Wildman–Crippen LogP) is 1.40. The van der Waals surface area contributed by atoms with Crippen molar-refractivity contribution in [1.29, 1.82) is 0 Å². The molecule has 0 bridgehead atoms. The highest BCUT2D eigenvalue weighted by molar-refractivity contribution is 8.00. The Bertz CT molecular complexity index is 498. The van der Waals surface area contributed by atoms with Crippen LogP contribution >= 0.6 is 23.1 Å². The van der Waals surface area contributed by atoms with Crippen LogP contribution in [0.15, 0.2) is 21.7 Å². The first-order valence-electron chi connectivity index (χ1n) is 5.69. The van der Waals surface area contributed by atoms with E-state index in [-0.39, 0.29) is 23.8 Å². The number of sulfonamides is 1. The highest BCUT2D eigenvalue weighted by Crippen LogP contribution is 2.23. The Hall–Kier alpha value is -0.570. The fourth-order valence-corrected chi connectivity index (χ4v) is 4.38. The summed E-state index contributed by atoms with van der Waals surface area (Å²) in [5, 5.41) is 10.1. The monoisotopic (exact) mass is 323 g/mol. The van der Waals surface area contributed by atoms with Crippen LogP contribution in [0.4, 0.5) is 0 Å². The summed E-state index contributed by atoms with van der Waals surface area (Å²) in [5.41, 5.74) is 0. The molecule has 108 valence electrons. The van der Waals surface area contributed by atoms with Crippen LogP contribution in [0.2, 0.25) is 0 Å². The molecule has 5 nitrogen and oxygen atoms in total. The number of carbonyl (C=O) groups is 1. The maximum Gasteiger partial charge on any atom is 0.276 e. The topological polar surface area (TPSA) is 74.7 Å². The van der Waals surface area contributed by atoms with Crippen molar-refractivity contribution in [2.24, 2.45) is 0 Å². The number of thioether (sulfide) groups is 1. The van der Waals surface area contributed by atoms with E-state index in [0.29, 0.717) is 0 Å². The quantitative estimate of drug-likeness (QED) is 0.821. The second-order valence-electron chi connectivity index (χ2n) is 3.80. The summed E-state index contributed by atoms with van der Waals surface area (Å²) in [6, 6.07) is 3.10. The molecule has 1 aromatic heterocycles. The van der Waals surface area contributed by atoms with Gasteiger partial charge in [0.25, 0.3) is 10.0 Å². The van der Waals surface area contributed by atoms with E-state index >= 15 is 0 Å². The molecule has 0 aromatic carbocycles. The summed E-state index contributed by atoms with van der Waals surface area (Å²) in [6.07, 6.45) is 1.99. The lowest BCUT2D eigenvalue weighted by Gasteiger charge is -2.23. The minimum absolute atomic E-state index is 0.000463. The first-order valence-corrected chi connectivity index (χ1v) is 9.29. The fraction of sp³-hybridized carbons (Fsp3) is 0.545. The van der Waals surface area contributed by atoms with Crippen molar-refractivity contribution >= 4 is 39.0 Å². The summed E-state index contributed by atoms with van der Waals surface area (Å²) >= 11 is 2.37. The smallest absolute Gasteiger partial charge is 0.276 e. The van der Waals surface area contributed by atoms with E-state index in [4.69, 9.17) is 5.11 Å². The van der Waals surface area contributed by atoms with Crippen molar-refractivity contribution in [3.05, 3.63) is 17.5 Å². The molecular formula is C11H17NO4S3. The third-order valence-electron chi connectivity index (χ3n) is 2.51. The van der Waals surface area contributed by atoms with E-state index in [1.54, 1.807) is 24.6 Å². The molecule has 8 heteroatoms. The first kappa shape index (κ1) is 16.5. The van der Waals surface area contributed by atoms with Crippen molar-refractivity contribution < 1.29 is 18.3 Å². The molecule has 0 saturated carbocycles. The Kier molecular flexibility index (Phi) is 6.31. The zero-order valence-electron chi connectivity index (χ0n) is 10.8. The molecule has 1 rings (SSSR count). The van der Waals surface area contributed by atoms with Gasteiger partial charge in [-0.1, -0.05) is 6.07 Å². The minimum atomic E-state index is -3.81. The van der Waals surface area contributed by atoms with Crippen molar-refractivity contribution in [2.75, 3.05) is 19.4 Å². The zero-order chi connectivity index (χ0) is 14.5. The van der Waals surface area contributed by atoms with Crippen LogP contribution < -0.4 is 0 Å². The van der Waals surface area contributed by atoms with Gasteiger partial charge in [-0.25, -0.2) is 12.7 Å². The van der Waals surface area contributed by atoms with Crippen LogP contribution in [0.5, 0.6) is 0 Å². The zero-order valence-corrected chi connectivity index (χ0v) is 13.2. The van der Waals surface area contributed by atoms with Gasteiger partial charge in [0.2, 0.25) is 5.91 Å². The van der Waals surface area contributed by atoms with Gasteiger partial charge in [-0.3, -0.25) is 4.79 Å². The normalized spacial score (nSPS) is 13.2. The molecule has 0 spiro atoms. The first-order chi connectivity index (χ1) is 8.95. The molecule has 0 aliphatic carbocycles. The lowest BCUT2D eigenvalue weighted by Crippen LogP contribution is -2.41. The number of rotatable bonds is 7. The molecule has 1 aromatic rings. The molecule has 0 aliphatic heterocycles. The fourth-order valence-electron chi connectivity index (χ4n) is 1.39. The Balaban J connectivity index is 3.06. The van der Waals surface area contributed by atoms with Crippen molar-refractivity contribution in [3.8, 4) is 0 Å². The number of amides is 1. The van der Waals surface area contributed by atoms with Gasteiger partial charge < -0.3 is 5.11 Å². The number of aliphatic hydroxyl groups excluding tert-OH is 1. The molecule has 1 amide bonds. The Morgan fingerprint density at radius 2 is 2.26 bits per heavy atom. The highest BCUT2D eigenvalue weighted by atomic mass is 32.2. The molecule has 1 N–H and O–H groups in total. The van der Waals surface area contributed by atoms with Crippen LogP contribution in [0.3, 0.4) is 0 Å². The van der Waals surface area contributed by atoms with Crippen LogP contribution in [-0.2, 0) is 14.8 Å². The third kappa shape index (κ3) is 3.95. The second kappa shape index (κ2) is 7.28. The number of carbonyl (C=O) groups excluding carboxylic acids is 1. The van der Waals surface area contributed by atoms with Crippen LogP contribution in [0.1, 0.15) is 13.3 Å². The van der Waals surface area contributed by atoms with Crippen LogP contribution in [0, 0.1) is 0 Å². The molecule has 1 heterocycles. The maximum atomic E-state index is 12.4. The van der Waals surface area contributed by atoms with Crippen LogP contribution in [0.25, 0.3) is 0 Å². The van der Waals surface area contributed by atoms with E-state index in [2.05, 4.69) is 0 Å². The van der Waals surface area contributed by atoms with Crippen molar-refractivity contribution in [1.82, 2.24) is 4.31 Å². The minimum Gasteiger partial charge on any atom is -0.396 e. The van der Waals surface area contributed by atoms with Gasteiger partial charge >= 0.3 is 0 Å². The Morgan fingerprint density at radius 1 is 1.58 bits per heavy atom. The summed E-state index contributed by atoms with van der Waals surface area (Å²) < 4.78 is 25.8. The average Bonchev–Trinajstić information content (AvgIpc) is 2.92. The molecule has 0 radical (unpaired) electrons. The lowest BCUT2D eigenvalue weighted by atomic mass is 10.4. The van der Waals surface area contributed by atoms with Crippen molar-refractivity contribution in [2.45, 2.75) is 22.8 Å². The summed E-state index contributed by atoms with van der Waals surface area (Å²) in [6.45, 7) is 1.51. The molecule has 0 fully saturated rings. The summed E-state index contributed by atoms with van der Waals surface area (Å²) in [7, 11) is -3.81. The molecule has 0 saturated heterocycles. The molecular weight excluding hydrogens is 306 g/mol. The van der Waals surface area contributed by atoms with Gasteiger partial charge in [0.15, 0.2) is 0 Å². The molecule has 19 heavy (non-hydrogen) atoms. The van der Waals surface area contributed by atoms with Crippen molar-refractivity contribution in [3.63, 3.8) is 0 Å². The van der Waals surface area contributed by atoms with Gasteiger partial charge in [0.1, 0.15) is 4.21 Å². The number of nitrogens with zero attached hydrogens (tertiary/aromatic N) is 1. The summed E-state index contributed by atoms with van der Waals surface area (Å²) in [5.74, 6) is -0.450. The SMILES string of the molecule is CS[C@H](C)C(=O)N(CCCO)S(=O)(=O)c1cccs1. The van der Waals surface area contributed by atoms with E-state index in [1.807, 2.05) is 0 Å². The Labute approximate surface area is 121 Å². The van der Waals surface area contributed by atoms with E-state index in [1.165, 1.54) is 17.8 Å². The second-order valence-corrected chi connectivity index (χ2v) is 8.02. The van der Waals surface area contributed by atoms with E-state index < -0.39 is 21.2 Å². The van der Waals surface area contributed by atoms with Gasteiger partial charge in [0, 0.05) is 13.2 Å². The number of thiophene rings is 1. The molecule has 0 aliphatic rings. The number of hydrogen-bond donors (Lipinski definition) is 1. The number of hydrogen-bond acceptors (Lipinski definition) is 6. The van der Waals surface area contributed by atoms with E-state index in [0.717, 1.165) is 15.6 Å². The van der Waals surface area contributed by atoms with Crippen LogP contribution in [-0.4, -0.2) is 48.4 Å². The molecule has 0 unspecified atom stereocenters. The van der Waals surface area contributed by atoms with E-state index in [9.17, 15) is 13.2 Å². The number of aliphatic hydroxyl groups is 1. The van der Waals surface area contributed by atoms with Gasteiger partial charge in [0.05, 0.1) is 5.25 Å². The Morgan fingerprint density at radius 3 is 2.74 bits per heavy atom. The average molecular weight is 323 g/mol. The van der Waals surface area contributed by atoms with Gasteiger partial charge in [-0.15, -0.1) is 11.3 Å². The third-order valence-corrected chi connectivity index (χ3v) is 6.58. The standard InChI is InChI=1S/C11H17NO4S3/c1-9(17-2)11(14)12(6-4-7-13)19(15,16)10-5-3-8-18-10/h3,5,8-9,13H,4,6-7H2,1-2H3/t9-/m1/s1. The highest BCUT2D eigenvalue weighted by Gasteiger charge is 2.32. The maximum absolute atomic E-state index is 12.4.